The van der Waals surface area contributed by atoms with Gasteiger partial charge in [0.05, 0.1) is 19.3 Å². The van der Waals surface area contributed by atoms with Crippen molar-refractivity contribution in [3.05, 3.63) is 81.6 Å². The summed E-state index contributed by atoms with van der Waals surface area (Å²) in [6.45, 7) is 2.16. The zero-order valence-corrected chi connectivity index (χ0v) is 18.2. The highest BCUT2D eigenvalue weighted by molar-refractivity contribution is 6.30. The number of ether oxygens (including phenoxy) is 1. The molecule has 0 radical (unpaired) electrons. The molecule has 0 spiro atoms. The van der Waals surface area contributed by atoms with Gasteiger partial charge >= 0.3 is 0 Å². The molecule has 0 aliphatic carbocycles. The third kappa shape index (κ3) is 6.06. The van der Waals surface area contributed by atoms with Gasteiger partial charge in [0.25, 0.3) is 5.56 Å². The number of aromatic nitrogens is 2. The van der Waals surface area contributed by atoms with Crippen molar-refractivity contribution < 1.29 is 9.53 Å². The summed E-state index contributed by atoms with van der Waals surface area (Å²) in [7, 11) is 1.60. The molecule has 0 saturated heterocycles. The fraction of sp³-hybridized carbons (Fsp3) is 0.208. The highest BCUT2D eigenvalue weighted by atomic mass is 35.5. The number of nitrogens with zero attached hydrogens (tertiary/aromatic N) is 2. The van der Waals surface area contributed by atoms with E-state index < -0.39 is 0 Å². The van der Waals surface area contributed by atoms with Crippen LogP contribution in [0.3, 0.4) is 0 Å². The van der Waals surface area contributed by atoms with Crippen molar-refractivity contribution in [3.63, 3.8) is 0 Å². The van der Waals surface area contributed by atoms with Crippen molar-refractivity contribution in [2.24, 2.45) is 0 Å². The maximum Gasteiger partial charge on any atom is 0.290 e. The zero-order chi connectivity index (χ0) is 22.2. The summed E-state index contributed by atoms with van der Waals surface area (Å²) in [5.41, 5.74) is 2.19. The van der Waals surface area contributed by atoms with Crippen molar-refractivity contribution >= 4 is 29.3 Å². The third-order valence-corrected chi connectivity index (χ3v) is 4.82. The summed E-state index contributed by atoms with van der Waals surface area (Å²) in [5, 5.41) is 7.88. The van der Waals surface area contributed by atoms with Crippen LogP contribution in [0.1, 0.15) is 25.3 Å². The maximum atomic E-state index is 12.9. The molecule has 31 heavy (non-hydrogen) atoms. The first kappa shape index (κ1) is 22.3. The lowest BCUT2D eigenvalue weighted by molar-refractivity contribution is -0.116. The van der Waals surface area contributed by atoms with Crippen LogP contribution in [0.15, 0.2) is 65.5 Å². The number of benzene rings is 2. The Morgan fingerprint density at radius 1 is 1.16 bits per heavy atom. The lowest BCUT2D eigenvalue weighted by Gasteiger charge is -2.11. The van der Waals surface area contributed by atoms with Crippen LogP contribution in [0.5, 0.6) is 5.75 Å². The van der Waals surface area contributed by atoms with Gasteiger partial charge in [-0.2, -0.15) is 5.10 Å². The van der Waals surface area contributed by atoms with E-state index in [2.05, 4.69) is 10.4 Å². The van der Waals surface area contributed by atoms with E-state index in [1.54, 1.807) is 25.3 Å². The predicted octanol–water partition coefficient (Wildman–Crippen LogP) is 5.02. The smallest absolute Gasteiger partial charge is 0.290 e. The van der Waals surface area contributed by atoms with Gasteiger partial charge in [-0.05, 0) is 54.4 Å². The molecule has 6 nitrogen and oxygen atoms in total. The van der Waals surface area contributed by atoms with E-state index in [4.69, 9.17) is 16.3 Å². The third-order valence-electron chi connectivity index (χ3n) is 4.57. The molecule has 0 unspecified atom stereocenters. The van der Waals surface area contributed by atoms with Crippen molar-refractivity contribution in [2.75, 3.05) is 12.4 Å². The van der Waals surface area contributed by atoms with Crippen LogP contribution in [-0.4, -0.2) is 22.8 Å². The molecule has 1 amide bonds. The van der Waals surface area contributed by atoms with Crippen LogP contribution < -0.4 is 15.6 Å². The molecule has 7 heteroatoms. The molecule has 0 fully saturated rings. The van der Waals surface area contributed by atoms with Crippen molar-refractivity contribution in [1.29, 1.82) is 0 Å². The zero-order valence-electron chi connectivity index (χ0n) is 17.5. The number of anilines is 1. The lowest BCUT2D eigenvalue weighted by Crippen LogP contribution is -2.28. The number of carbonyl (C=O) groups is 1. The first-order valence-electron chi connectivity index (χ1n) is 9.98. The molecule has 0 atom stereocenters. The van der Waals surface area contributed by atoms with Crippen LogP contribution >= 0.6 is 11.6 Å². The first-order chi connectivity index (χ1) is 15.0. The molecular weight excluding hydrogens is 414 g/mol. The number of halogens is 1. The van der Waals surface area contributed by atoms with Gasteiger partial charge in [0.15, 0.2) is 0 Å². The second-order valence-electron chi connectivity index (χ2n) is 6.91. The SMILES string of the molecule is CCCC(=O)Nc1cc(-c2ccc(OC)cc2)nn(C/C=C/c2ccc(Cl)cc2)c1=O. The number of rotatable bonds is 8. The van der Waals surface area contributed by atoms with Gasteiger partial charge in [0, 0.05) is 17.0 Å². The Labute approximate surface area is 186 Å². The van der Waals surface area contributed by atoms with Gasteiger partial charge < -0.3 is 10.1 Å². The lowest BCUT2D eigenvalue weighted by atomic mass is 10.1. The van der Waals surface area contributed by atoms with Gasteiger partial charge in [-0.15, -0.1) is 0 Å². The van der Waals surface area contributed by atoms with Gasteiger partial charge in [0.2, 0.25) is 5.91 Å². The number of hydrogen-bond acceptors (Lipinski definition) is 4. The van der Waals surface area contributed by atoms with E-state index in [-0.39, 0.29) is 23.7 Å². The topological polar surface area (TPSA) is 73.2 Å². The van der Waals surface area contributed by atoms with E-state index in [0.717, 1.165) is 16.9 Å². The minimum atomic E-state index is -0.359. The first-order valence-corrected chi connectivity index (χ1v) is 10.4. The average molecular weight is 438 g/mol. The fourth-order valence-corrected chi connectivity index (χ4v) is 3.09. The molecule has 0 aliphatic heterocycles. The van der Waals surface area contributed by atoms with E-state index in [1.165, 1.54) is 4.68 Å². The van der Waals surface area contributed by atoms with Crippen LogP contribution in [0.4, 0.5) is 5.69 Å². The Morgan fingerprint density at radius 2 is 1.87 bits per heavy atom. The standard InChI is InChI=1S/C24H24ClN3O3/c1-3-5-23(29)26-22-16-21(18-9-13-20(31-2)14-10-18)27-28(24(22)30)15-4-6-17-7-11-19(25)12-8-17/h4,6-14,16H,3,5,15H2,1-2H3,(H,26,29)/b6-4+. The molecule has 0 aliphatic rings. The van der Waals surface area contributed by atoms with Gasteiger partial charge in [-0.25, -0.2) is 4.68 Å². The molecule has 160 valence electrons. The Morgan fingerprint density at radius 3 is 2.52 bits per heavy atom. The number of nitrogens with one attached hydrogen (secondary N) is 1. The van der Waals surface area contributed by atoms with Crippen LogP contribution in [0.2, 0.25) is 5.02 Å². The second kappa shape index (κ2) is 10.6. The molecule has 3 aromatic rings. The summed E-state index contributed by atoms with van der Waals surface area (Å²) in [4.78, 5) is 25.0. The van der Waals surface area contributed by atoms with Crippen LogP contribution in [0, 0.1) is 0 Å². The Bertz CT molecular complexity index is 1120. The Kier molecular flexibility index (Phi) is 7.62. The summed E-state index contributed by atoms with van der Waals surface area (Å²) in [6.07, 6.45) is 4.77. The van der Waals surface area contributed by atoms with Crippen LogP contribution in [0.25, 0.3) is 17.3 Å². The summed E-state index contributed by atoms with van der Waals surface area (Å²) >= 11 is 5.92. The van der Waals surface area contributed by atoms with Gasteiger partial charge in [-0.1, -0.05) is 42.8 Å². The quantitative estimate of drug-likeness (QED) is 0.536. The molecule has 1 aromatic heterocycles. The van der Waals surface area contributed by atoms with Gasteiger partial charge in [-0.3, -0.25) is 9.59 Å². The van der Waals surface area contributed by atoms with Gasteiger partial charge in [0.1, 0.15) is 11.4 Å². The van der Waals surface area contributed by atoms with E-state index in [0.29, 0.717) is 23.6 Å². The summed E-state index contributed by atoms with van der Waals surface area (Å²) < 4.78 is 6.54. The highest BCUT2D eigenvalue weighted by Crippen LogP contribution is 2.21. The highest BCUT2D eigenvalue weighted by Gasteiger charge is 2.12. The summed E-state index contributed by atoms with van der Waals surface area (Å²) in [5.74, 6) is 0.522. The maximum absolute atomic E-state index is 12.9. The minimum absolute atomic E-state index is 0.199. The minimum Gasteiger partial charge on any atom is -0.497 e. The Hall–Kier alpha value is -3.38. The van der Waals surface area contributed by atoms with Crippen molar-refractivity contribution in [3.8, 4) is 17.0 Å². The number of allylic oxidation sites excluding steroid dienone is 1. The van der Waals surface area contributed by atoms with E-state index in [9.17, 15) is 9.59 Å². The molecule has 1 N–H and O–H groups in total. The predicted molar refractivity (Wildman–Crippen MR) is 125 cm³/mol. The average Bonchev–Trinajstić information content (AvgIpc) is 2.77. The van der Waals surface area contributed by atoms with Crippen molar-refractivity contribution in [1.82, 2.24) is 9.78 Å². The molecular formula is C24H24ClN3O3. The normalized spacial score (nSPS) is 10.9. The van der Waals surface area contributed by atoms with E-state index >= 15 is 0 Å². The summed E-state index contributed by atoms with van der Waals surface area (Å²) in [6, 6.07) is 16.4. The monoisotopic (exact) mass is 437 g/mol. The molecule has 3 rings (SSSR count). The number of hydrogen-bond donors (Lipinski definition) is 1. The van der Waals surface area contributed by atoms with E-state index in [1.807, 2.05) is 55.5 Å². The largest absolute Gasteiger partial charge is 0.497 e. The number of methoxy groups -OCH3 is 1. The van der Waals surface area contributed by atoms with Crippen molar-refractivity contribution in [2.45, 2.75) is 26.3 Å². The number of amides is 1. The second-order valence-corrected chi connectivity index (χ2v) is 7.35. The molecule has 0 bridgehead atoms. The fourth-order valence-electron chi connectivity index (χ4n) is 2.96. The molecule has 0 saturated carbocycles. The molecule has 2 aromatic carbocycles. The number of carbonyl (C=O) groups excluding carboxylic acids is 1. The Balaban J connectivity index is 1.94. The van der Waals surface area contributed by atoms with Crippen LogP contribution in [-0.2, 0) is 11.3 Å². The molecule has 1 heterocycles.